The van der Waals surface area contributed by atoms with Crippen LogP contribution >= 0.6 is 24.0 Å². The van der Waals surface area contributed by atoms with Crippen LogP contribution in [-0.2, 0) is 9.59 Å². The SMILES string of the molecule is CNC(=O)C(C)(C)CNC(=NCC(=O)N(C)C)NC1CCCCC1.I. The highest BCUT2D eigenvalue weighted by molar-refractivity contribution is 14.0. The number of hydrogen-bond acceptors (Lipinski definition) is 3. The number of carbonyl (C=O) groups is 2. The molecule has 0 aromatic carbocycles. The molecule has 0 aromatic rings. The number of guanidine groups is 1. The van der Waals surface area contributed by atoms with Crippen LogP contribution in [0.4, 0.5) is 0 Å². The fourth-order valence-corrected chi connectivity index (χ4v) is 2.60. The molecule has 1 rings (SSSR count). The van der Waals surface area contributed by atoms with Crippen molar-refractivity contribution in [2.24, 2.45) is 10.4 Å². The van der Waals surface area contributed by atoms with Gasteiger partial charge in [0.15, 0.2) is 5.96 Å². The molecule has 0 unspecified atom stereocenters. The van der Waals surface area contributed by atoms with Crippen molar-refractivity contribution in [2.45, 2.75) is 52.0 Å². The van der Waals surface area contributed by atoms with Crippen LogP contribution in [0.2, 0.25) is 0 Å². The Bertz CT molecular complexity index is 460. The summed E-state index contributed by atoms with van der Waals surface area (Å²) in [5.74, 6) is 0.524. The molecule has 0 aliphatic heterocycles. The minimum Gasteiger partial charge on any atom is -0.359 e. The predicted molar refractivity (Wildman–Crippen MR) is 112 cm³/mol. The van der Waals surface area contributed by atoms with Crippen LogP contribution in [0.3, 0.4) is 0 Å². The van der Waals surface area contributed by atoms with Gasteiger partial charge in [0.25, 0.3) is 0 Å². The van der Waals surface area contributed by atoms with E-state index in [4.69, 9.17) is 0 Å². The third-order valence-electron chi connectivity index (χ3n) is 4.36. The molecule has 1 aliphatic carbocycles. The van der Waals surface area contributed by atoms with Crippen molar-refractivity contribution in [1.82, 2.24) is 20.9 Å². The van der Waals surface area contributed by atoms with Gasteiger partial charge in [-0.1, -0.05) is 19.3 Å². The minimum absolute atomic E-state index is 0. The molecule has 1 saturated carbocycles. The fraction of sp³-hybridized carbons (Fsp3) is 0.824. The van der Waals surface area contributed by atoms with Gasteiger partial charge in [0, 0.05) is 33.7 Å². The molecule has 1 aliphatic rings. The lowest BCUT2D eigenvalue weighted by atomic mass is 9.92. The van der Waals surface area contributed by atoms with Crippen molar-refractivity contribution in [3.63, 3.8) is 0 Å². The fourth-order valence-electron chi connectivity index (χ4n) is 2.60. The average molecular weight is 467 g/mol. The van der Waals surface area contributed by atoms with Crippen molar-refractivity contribution in [2.75, 3.05) is 34.2 Å². The maximum absolute atomic E-state index is 11.9. The zero-order chi connectivity index (χ0) is 18.2. The summed E-state index contributed by atoms with van der Waals surface area (Å²) in [5, 5.41) is 9.32. The quantitative estimate of drug-likeness (QED) is 0.313. The minimum atomic E-state index is -0.560. The van der Waals surface area contributed by atoms with Crippen molar-refractivity contribution < 1.29 is 9.59 Å². The van der Waals surface area contributed by atoms with Crippen LogP contribution in [-0.4, -0.2) is 62.9 Å². The Morgan fingerprint density at radius 3 is 2.28 bits per heavy atom. The molecule has 3 N–H and O–H groups in total. The van der Waals surface area contributed by atoms with Gasteiger partial charge in [0.2, 0.25) is 11.8 Å². The Labute approximate surface area is 168 Å². The summed E-state index contributed by atoms with van der Waals surface area (Å²) in [6.07, 6.45) is 5.93. The lowest BCUT2D eigenvalue weighted by Gasteiger charge is -2.28. The van der Waals surface area contributed by atoms with E-state index in [2.05, 4.69) is 20.9 Å². The van der Waals surface area contributed by atoms with Crippen LogP contribution in [0.25, 0.3) is 0 Å². The van der Waals surface area contributed by atoms with E-state index in [1.165, 1.54) is 24.2 Å². The number of hydrogen-bond donors (Lipinski definition) is 3. The normalized spacial score (nSPS) is 15.8. The summed E-state index contributed by atoms with van der Waals surface area (Å²) >= 11 is 0. The average Bonchev–Trinajstić information content (AvgIpc) is 2.56. The van der Waals surface area contributed by atoms with Gasteiger partial charge in [-0.15, -0.1) is 24.0 Å². The molecule has 25 heavy (non-hydrogen) atoms. The number of carbonyl (C=O) groups excluding carboxylic acids is 2. The lowest BCUT2D eigenvalue weighted by molar-refractivity contribution is -0.128. The second-order valence-corrected chi connectivity index (χ2v) is 7.25. The first-order valence-electron chi connectivity index (χ1n) is 8.73. The predicted octanol–water partition coefficient (Wildman–Crippen LogP) is 1.33. The lowest BCUT2D eigenvalue weighted by Crippen LogP contribution is -2.50. The summed E-state index contributed by atoms with van der Waals surface area (Å²) in [7, 11) is 5.07. The van der Waals surface area contributed by atoms with Gasteiger partial charge in [-0.25, -0.2) is 4.99 Å². The Balaban J connectivity index is 0.00000576. The maximum atomic E-state index is 11.9. The van der Waals surface area contributed by atoms with Crippen molar-refractivity contribution in [3.05, 3.63) is 0 Å². The van der Waals surface area contributed by atoms with Gasteiger partial charge in [0.05, 0.1) is 5.41 Å². The maximum Gasteiger partial charge on any atom is 0.243 e. The molecular weight excluding hydrogens is 433 g/mol. The first kappa shape index (κ1) is 23.9. The molecule has 7 nitrogen and oxygen atoms in total. The summed E-state index contributed by atoms with van der Waals surface area (Å²) < 4.78 is 0. The highest BCUT2D eigenvalue weighted by atomic mass is 127. The summed E-state index contributed by atoms with van der Waals surface area (Å²) in [4.78, 5) is 29.6. The van der Waals surface area contributed by atoms with E-state index in [1.807, 2.05) is 13.8 Å². The standard InChI is InChI=1S/C17H33N5O2.HI/c1-17(2,15(24)18-3)12-20-16(19-11-14(23)22(4)5)21-13-9-7-6-8-10-13;/h13H,6-12H2,1-5H3,(H,18,24)(H2,19,20,21);1H. The van der Waals surface area contributed by atoms with Gasteiger partial charge in [0.1, 0.15) is 6.54 Å². The van der Waals surface area contributed by atoms with Crippen LogP contribution in [0, 0.1) is 5.41 Å². The van der Waals surface area contributed by atoms with Gasteiger partial charge in [-0.05, 0) is 26.7 Å². The van der Waals surface area contributed by atoms with E-state index in [9.17, 15) is 9.59 Å². The number of aliphatic imine (C=N–C) groups is 1. The van der Waals surface area contributed by atoms with Crippen molar-refractivity contribution >= 4 is 41.8 Å². The molecule has 8 heteroatoms. The van der Waals surface area contributed by atoms with E-state index in [0.717, 1.165) is 12.8 Å². The van der Waals surface area contributed by atoms with Crippen LogP contribution in [0.1, 0.15) is 46.0 Å². The van der Waals surface area contributed by atoms with Gasteiger partial charge >= 0.3 is 0 Å². The van der Waals surface area contributed by atoms with Gasteiger partial charge in [-0.2, -0.15) is 0 Å². The summed E-state index contributed by atoms with van der Waals surface area (Å²) in [6, 6.07) is 0.377. The molecule has 0 aromatic heterocycles. The first-order valence-corrected chi connectivity index (χ1v) is 8.73. The molecule has 0 spiro atoms. The summed E-state index contributed by atoms with van der Waals surface area (Å²) in [5.41, 5.74) is -0.560. The number of nitrogens with one attached hydrogen (secondary N) is 3. The van der Waals surface area contributed by atoms with E-state index in [-0.39, 0.29) is 42.3 Å². The molecule has 146 valence electrons. The Hall–Kier alpha value is -1.06. The smallest absolute Gasteiger partial charge is 0.243 e. The van der Waals surface area contributed by atoms with Crippen LogP contribution in [0.15, 0.2) is 4.99 Å². The van der Waals surface area contributed by atoms with Crippen molar-refractivity contribution in [1.29, 1.82) is 0 Å². The summed E-state index contributed by atoms with van der Waals surface area (Å²) in [6.45, 7) is 4.29. The zero-order valence-corrected chi connectivity index (χ0v) is 18.5. The van der Waals surface area contributed by atoms with Crippen molar-refractivity contribution in [3.8, 4) is 0 Å². The third kappa shape index (κ3) is 8.73. The number of rotatable bonds is 6. The molecule has 0 heterocycles. The second kappa shape index (κ2) is 11.5. The van der Waals surface area contributed by atoms with E-state index in [0.29, 0.717) is 18.5 Å². The zero-order valence-electron chi connectivity index (χ0n) is 16.1. The largest absolute Gasteiger partial charge is 0.359 e. The van der Waals surface area contributed by atoms with E-state index in [1.54, 1.807) is 21.1 Å². The highest BCUT2D eigenvalue weighted by Gasteiger charge is 2.27. The molecular formula is C17H34IN5O2. The topological polar surface area (TPSA) is 85.8 Å². The molecule has 2 amide bonds. The van der Waals surface area contributed by atoms with Gasteiger partial charge in [-0.3, -0.25) is 9.59 Å². The number of likely N-dealkylation sites (N-methyl/N-ethyl adjacent to an activating group) is 1. The molecule has 0 radical (unpaired) electrons. The van der Waals surface area contributed by atoms with E-state index < -0.39 is 5.41 Å². The molecule has 0 bridgehead atoms. The highest BCUT2D eigenvalue weighted by Crippen LogP contribution is 2.17. The number of halogens is 1. The van der Waals surface area contributed by atoms with Crippen LogP contribution in [0.5, 0.6) is 0 Å². The monoisotopic (exact) mass is 467 g/mol. The van der Waals surface area contributed by atoms with Gasteiger partial charge < -0.3 is 20.9 Å². The van der Waals surface area contributed by atoms with E-state index >= 15 is 0 Å². The Kier molecular flexibility index (Phi) is 11.0. The van der Waals surface area contributed by atoms with Crippen LogP contribution < -0.4 is 16.0 Å². The number of nitrogens with zero attached hydrogens (tertiary/aromatic N) is 2. The Morgan fingerprint density at radius 2 is 1.76 bits per heavy atom. The Morgan fingerprint density at radius 1 is 1.16 bits per heavy atom. The molecule has 1 fully saturated rings. The first-order chi connectivity index (χ1) is 11.3. The molecule has 0 atom stereocenters. The third-order valence-corrected chi connectivity index (χ3v) is 4.36. The second-order valence-electron chi connectivity index (χ2n) is 7.25. The molecule has 0 saturated heterocycles. The number of amides is 2.